The standard InChI is InChI=1S/C13H11N3O/c1-17-11-5-3-2-4-10(11)13-12(15)9(8-14)6-7-16-13/h2-7H,15H2,1H3. The van der Waals surface area contributed by atoms with E-state index in [-0.39, 0.29) is 0 Å². The molecular weight excluding hydrogens is 214 g/mol. The molecule has 1 aromatic heterocycles. The number of nitrogens with zero attached hydrogens (tertiary/aromatic N) is 2. The maximum Gasteiger partial charge on any atom is 0.128 e. The quantitative estimate of drug-likeness (QED) is 0.850. The van der Waals surface area contributed by atoms with Crippen LogP contribution in [0.4, 0.5) is 5.69 Å². The Kier molecular flexibility index (Phi) is 2.93. The zero-order valence-corrected chi connectivity index (χ0v) is 9.34. The summed E-state index contributed by atoms with van der Waals surface area (Å²) in [6, 6.07) is 11.1. The summed E-state index contributed by atoms with van der Waals surface area (Å²) in [6.45, 7) is 0. The van der Waals surface area contributed by atoms with Crippen molar-refractivity contribution in [1.82, 2.24) is 4.98 Å². The van der Waals surface area contributed by atoms with Crippen molar-refractivity contribution in [2.75, 3.05) is 12.8 Å². The lowest BCUT2D eigenvalue weighted by molar-refractivity contribution is 0.416. The molecule has 0 fully saturated rings. The Balaban J connectivity index is 2.65. The molecule has 17 heavy (non-hydrogen) atoms. The van der Waals surface area contributed by atoms with E-state index in [1.54, 1.807) is 19.4 Å². The number of para-hydroxylation sites is 1. The molecule has 0 amide bonds. The molecule has 0 aliphatic rings. The van der Waals surface area contributed by atoms with Crippen LogP contribution in [-0.2, 0) is 0 Å². The highest BCUT2D eigenvalue weighted by molar-refractivity contribution is 5.80. The van der Waals surface area contributed by atoms with Crippen LogP contribution in [0.15, 0.2) is 36.5 Å². The van der Waals surface area contributed by atoms with Gasteiger partial charge >= 0.3 is 0 Å². The fourth-order valence-corrected chi connectivity index (χ4v) is 1.63. The number of anilines is 1. The molecule has 84 valence electrons. The fraction of sp³-hybridized carbons (Fsp3) is 0.0769. The summed E-state index contributed by atoms with van der Waals surface area (Å²) in [6.07, 6.45) is 1.57. The Hall–Kier alpha value is -2.54. The number of aromatic nitrogens is 1. The second-order valence-corrected chi connectivity index (χ2v) is 3.43. The third kappa shape index (κ3) is 1.91. The molecule has 2 rings (SSSR count). The van der Waals surface area contributed by atoms with Crippen molar-refractivity contribution in [3.05, 3.63) is 42.1 Å². The van der Waals surface area contributed by atoms with Gasteiger partial charge in [-0.05, 0) is 18.2 Å². The van der Waals surface area contributed by atoms with Gasteiger partial charge in [-0.3, -0.25) is 4.98 Å². The summed E-state index contributed by atoms with van der Waals surface area (Å²) in [5.74, 6) is 0.682. The molecule has 4 heteroatoms. The van der Waals surface area contributed by atoms with Crippen molar-refractivity contribution in [1.29, 1.82) is 5.26 Å². The van der Waals surface area contributed by atoms with Gasteiger partial charge < -0.3 is 10.5 Å². The second-order valence-electron chi connectivity index (χ2n) is 3.43. The maximum absolute atomic E-state index is 8.93. The molecule has 1 aromatic carbocycles. The minimum atomic E-state index is 0.375. The zero-order valence-electron chi connectivity index (χ0n) is 9.34. The molecule has 0 unspecified atom stereocenters. The summed E-state index contributed by atoms with van der Waals surface area (Å²) in [4.78, 5) is 4.21. The van der Waals surface area contributed by atoms with Crippen LogP contribution in [0.5, 0.6) is 5.75 Å². The minimum absolute atomic E-state index is 0.375. The molecule has 1 heterocycles. The Labute approximate surface area is 99.3 Å². The topological polar surface area (TPSA) is 71.9 Å². The van der Waals surface area contributed by atoms with E-state index in [1.165, 1.54) is 0 Å². The van der Waals surface area contributed by atoms with Crippen LogP contribution in [0.2, 0.25) is 0 Å². The van der Waals surface area contributed by atoms with Crippen LogP contribution in [0, 0.1) is 11.3 Å². The highest BCUT2D eigenvalue weighted by Crippen LogP contribution is 2.32. The monoisotopic (exact) mass is 225 g/mol. The summed E-state index contributed by atoms with van der Waals surface area (Å²) in [7, 11) is 1.59. The number of rotatable bonds is 2. The average molecular weight is 225 g/mol. The SMILES string of the molecule is COc1ccccc1-c1nccc(C#N)c1N. The van der Waals surface area contributed by atoms with Gasteiger partial charge in [-0.15, -0.1) is 0 Å². The van der Waals surface area contributed by atoms with Crippen LogP contribution in [-0.4, -0.2) is 12.1 Å². The van der Waals surface area contributed by atoms with Crippen LogP contribution in [0.3, 0.4) is 0 Å². The summed E-state index contributed by atoms with van der Waals surface area (Å²) < 4.78 is 5.25. The van der Waals surface area contributed by atoms with Gasteiger partial charge in [0.05, 0.1) is 24.1 Å². The molecule has 0 saturated heterocycles. The van der Waals surface area contributed by atoms with E-state index in [0.717, 1.165) is 5.56 Å². The first-order valence-electron chi connectivity index (χ1n) is 5.06. The van der Waals surface area contributed by atoms with Crippen LogP contribution < -0.4 is 10.5 Å². The lowest BCUT2D eigenvalue weighted by Gasteiger charge is -2.10. The minimum Gasteiger partial charge on any atom is -0.496 e. The zero-order chi connectivity index (χ0) is 12.3. The molecule has 0 radical (unpaired) electrons. The van der Waals surface area contributed by atoms with Gasteiger partial charge in [0.25, 0.3) is 0 Å². The summed E-state index contributed by atoms with van der Waals surface area (Å²) >= 11 is 0. The molecule has 0 atom stereocenters. The van der Waals surface area contributed by atoms with E-state index in [0.29, 0.717) is 22.7 Å². The third-order valence-corrected chi connectivity index (χ3v) is 2.47. The molecule has 0 bridgehead atoms. The Morgan fingerprint density at radius 3 is 2.76 bits per heavy atom. The largest absolute Gasteiger partial charge is 0.496 e. The number of nitrogen functional groups attached to an aromatic ring is 1. The van der Waals surface area contributed by atoms with Gasteiger partial charge in [0.2, 0.25) is 0 Å². The van der Waals surface area contributed by atoms with Gasteiger partial charge in [-0.2, -0.15) is 5.26 Å². The Bertz CT molecular complexity index is 587. The third-order valence-electron chi connectivity index (χ3n) is 2.47. The van der Waals surface area contributed by atoms with Crippen molar-refractivity contribution < 1.29 is 4.74 Å². The number of methoxy groups -OCH3 is 1. The van der Waals surface area contributed by atoms with Crippen LogP contribution in [0.1, 0.15) is 5.56 Å². The number of nitrogens with two attached hydrogens (primary N) is 1. The van der Waals surface area contributed by atoms with E-state index in [9.17, 15) is 0 Å². The number of nitriles is 1. The number of ether oxygens (including phenoxy) is 1. The molecule has 4 nitrogen and oxygen atoms in total. The van der Waals surface area contributed by atoms with Gasteiger partial charge in [0, 0.05) is 11.8 Å². The second kappa shape index (κ2) is 4.54. The fourth-order valence-electron chi connectivity index (χ4n) is 1.63. The van der Waals surface area contributed by atoms with Crippen LogP contribution in [0.25, 0.3) is 11.3 Å². The Morgan fingerprint density at radius 2 is 2.06 bits per heavy atom. The van der Waals surface area contributed by atoms with Gasteiger partial charge in [0.15, 0.2) is 0 Å². The van der Waals surface area contributed by atoms with Crippen LogP contribution >= 0.6 is 0 Å². The summed E-state index contributed by atoms with van der Waals surface area (Å²) in [5, 5.41) is 8.93. The highest BCUT2D eigenvalue weighted by Gasteiger charge is 2.12. The van der Waals surface area contributed by atoms with Gasteiger partial charge in [-0.25, -0.2) is 0 Å². The molecule has 0 saturated carbocycles. The first-order valence-corrected chi connectivity index (χ1v) is 5.06. The molecule has 0 aliphatic carbocycles. The lowest BCUT2D eigenvalue weighted by atomic mass is 10.1. The van der Waals surface area contributed by atoms with E-state index in [4.69, 9.17) is 15.7 Å². The highest BCUT2D eigenvalue weighted by atomic mass is 16.5. The number of benzene rings is 1. The van der Waals surface area contributed by atoms with E-state index in [2.05, 4.69) is 4.98 Å². The lowest BCUT2D eigenvalue weighted by Crippen LogP contribution is -1.98. The van der Waals surface area contributed by atoms with Crippen molar-refractivity contribution in [3.63, 3.8) is 0 Å². The first kappa shape index (κ1) is 11.0. The molecule has 2 aromatic rings. The Morgan fingerprint density at radius 1 is 1.29 bits per heavy atom. The molecule has 2 N–H and O–H groups in total. The normalized spacial score (nSPS) is 9.65. The van der Waals surface area contributed by atoms with Gasteiger partial charge in [-0.1, -0.05) is 12.1 Å². The molecular formula is C13H11N3O. The number of hydrogen-bond donors (Lipinski definition) is 1. The average Bonchev–Trinajstić information content (AvgIpc) is 2.39. The first-order chi connectivity index (χ1) is 8.27. The smallest absolute Gasteiger partial charge is 0.128 e. The van der Waals surface area contributed by atoms with Crippen molar-refractivity contribution in [2.45, 2.75) is 0 Å². The predicted octanol–water partition coefficient (Wildman–Crippen LogP) is 2.21. The maximum atomic E-state index is 8.93. The van der Waals surface area contributed by atoms with E-state index in [1.807, 2.05) is 30.3 Å². The predicted molar refractivity (Wildman–Crippen MR) is 65.4 cm³/mol. The summed E-state index contributed by atoms with van der Waals surface area (Å²) in [5.41, 5.74) is 8.05. The molecule has 0 aliphatic heterocycles. The molecule has 0 spiro atoms. The number of pyridine rings is 1. The van der Waals surface area contributed by atoms with Gasteiger partial charge in [0.1, 0.15) is 11.8 Å². The van der Waals surface area contributed by atoms with Crippen molar-refractivity contribution in [3.8, 4) is 23.1 Å². The van der Waals surface area contributed by atoms with Crippen molar-refractivity contribution >= 4 is 5.69 Å². The number of hydrogen-bond acceptors (Lipinski definition) is 4. The van der Waals surface area contributed by atoms with E-state index < -0.39 is 0 Å². The van der Waals surface area contributed by atoms with E-state index >= 15 is 0 Å². The van der Waals surface area contributed by atoms with Crippen molar-refractivity contribution in [2.24, 2.45) is 0 Å².